The first kappa shape index (κ1) is 17.4. The van der Waals surface area contributed by atoms with Gasteiger partial charge in [-0.1, -0.05) is 41.9 Å². The molecule has 1 aliphatic rings. The number of allylic oxidation sites excluding steroid dienone is 1. The average Bonchev–Trinajstić information content (AvgIpc) is 3.25. The number of nitrogens with one attached hydrogen (secondary N) is 1. The van der Waals surface area contributed by atoms with Gasteiger partial charge in [0.15, 0.2) is 17.3 Å². The van der Waals surface area contributed by atoms with Crippen LogP contribution in [0.2, 0.25) is 5.02 Å². The van der Waals surface area contributed by atoms with Gasteiger partial charge < -0.3 is 19.9 Å². The predicted molar refractivity (Wildman–Crippen MR) is 111 cm³/mol. The minimum Gasteiger partial charge on any atom is -0.504 e. The number of ketones is 1. The van der Waals surface area contributed by atoms with E-state index in [0.29, 0.717) is 5.02 Å². The van der Waals surface area contributed by atoms with E-state index in [4.69, 9.17) is 16.3 Å². The topological polar surface area (TPSA) is 82.6 Å². The molecule has 4 aromatic rings. The van der Waals surface area contributed by atoms with Gasteiger partial charge in [-0.15, -0.1) is 0 Å². The van der Waals surface area contributed by atoms with Crippen molar-refractivity contribution in [3.05, 3.63) is 82.6 Å². The van der Waals surface area contributed by atoms with Crippen LogP contribution in [-0.2, 0) is 0 Å². The summed E-state index contributed by atoms with van der Waals surface area (Å²) in [6.07, 6.45) is 1.65. The molecule has 5 nitrogen and oxygen atoms in total. The van der Waals surface area contributed by atoms with Gasteiger partial charge in [0, 0.05) is 21.5 Å². The minimum absolute atomic E-state index is 0.0332. The van der Waals surface area contributed by atoms with Crippen LogP contribution in [0.3, 0.4) is 0 Å². The molecule has 3 aromatic carbocycles. The predicted octanol–water partition coefficient (Wildman–Crippen LogP) is 5.52. The molecule has 0 bridgehead atoms. The van der Waals surface area contributed by atoms with E-state index in [1.165, 1.54) is 12.1 Å². The van der Waals surface area contributed by atoms with Crippen molar-refractivity contribution in [3.8, 4) is 28.5 Å². The van der Waals surface area contributed by atoms with Crippen LogP contribution < -0.4 is 4.74 Å². The molecule has 0 atom stereocenters. The molecule has 0 unspecified atom stereocenters. The Hall–Kier alpha value is -3.70. The number of phenolic OH excluding ortho intramolecular Hbond substituents is 2. The van der Waals surface area contributed by atoms with E-state index in [1.807, 2.05) is 36.4 Å². The number of rotatable bonds is 2. The maximum Gasteiger partial charge on any atom is 0.232 e. The fourth-order valence-electron chi connectivity index (χ4n) is 3.52. The number of fused-ring (bicyclic) bond motifs is 2. The Kier molecular flexibility index (Phi) is 3.86. The molecular formula is C23H14ClNO4. The van der Waals surface area contributed by atoms with E-state index >= 15 is 0 Å². The zero-order valence-corrected chi connectivity index (χ0v) is 15.7. The van der Waals surface area contributed by atoms with Crippen LogP contribution in [0.5, 0.6) is 17.2 Å². The molecule has 142 valence electrons. The van der Waals surface area contributed by atoms with Gasteiger partial charge >= 0.3 is 0 Å². The summed E-state index contributed by atoms with van der Waals surface area (Å²) in [5, 5.41) is 21.3. The van der Waals surface area contributed by atoms with Crippen LogP contribution in [0.4, 0.5) is 0 Å². The highest BCUT2D eigenvalue weighted by atomic mass is 35.5. The Bertz CT molecular complexity index is 1320. The van der Waals surface area contributed by atoms with Gasteiger partial charge in [-0.3, -0.25) is 4.79 Å². The summed E-state index contributed by atoms with van der Waals surface area (Å²) in [6, 6.07) is 17.8. The lowest BCUT2D eigenvalue weighted by molar-refractivity contribution is 0.101. The molecular weight excluding hydrogens is 390 g/mol. The fraction of sp³-hybridized carbons (Fsp3) is 0. The number of Topliss-reactive ketones (excluding diaryl/α,β-unsaturated/α-hetero) is 1. The molecule has 5 rings (SSSR count). The van der Waals surface area contributed by atoms with Crippen LogP contribution in [-0.4, -0.2) is 21.0 Å². The van der Waals surface area contributed by atoms with Crippen molar-refractivity contribution in [3.63, 3.8) is 0 Å². The highest BCUT2D eigenvalue weighted by molar-refractivity contribution is 6.30. The van der Waals surface area contributed by atoms with Crippen molar-refractivity contribution in [2.24, 2.45) is 0 Å². The largest absolute Gasteiger partial charge is 0.504 e. The number of phenols is 2. The maximum atomic E-state index is 12.8. The van der Waals surface area contributed by atoms with E-state index < -0.39 is 5.75 Å². The van der Waals surface area contributed by atoms with Crippen LogP contribution in [0.1, 0.15) is 15.9 Å². The van der Waals surface area contributed by atoms with Crippen molar-refractivity contribution in [1.29, 1.82) is 0 Å². The van der Waals surface area contributed by atoms with Crippen LogP contribution in [0.25, 0.3) is 28.2 Å². The maximum absolute atomic E-state index is 12.8. The monoisotopic (exact) mass is 403 g/mol. The van der Waals surface area contributed by atoms with Gasteiger partial charge in [-0.25, -0.2) is 0 Å². The van der Waals surface area contributed by atoms with Gasteiger partial charge in [0.2, 0.25) is 11.5 Å². The molecule has 1 aromatic heterocycles. The first-order valence-electron chi connectivity index (χ1n) is 8.89. The molecule has 0 saturated heterocycles. The quantitative estimate of drug-likeness (QED) is 0.304. The molecule has 0 fully saturated rings. The minimum atomic E-state index is -0.448. The van der Waals surface area contributed by atoms with E-state index in [-0.39, 0.29) is 28.6 Å². The van der Waals surface area contributed by atoms with E-state index in [2.05, 4.69) is 4.98 Å². The SMILES string of the molecule is O=C1C(=Cc2c(-c3ccc(Cl)cc3)[nH]c3ccccc23)Oc2c1ccc(O)c2O. The Morgan fingerprint density at radius 3 is 2.52 bits per heavy atom. The molecule has 0 saturated carbocycles. The number of hydrogen-bond donors (Lipinski definition) is 3. The van der Waals surface area contributed by atoms with Crippen LogP contribution >= 0.6 is 11.6 Å². The smallest absolute Gasteiger partial charge is 0.232 e. The van der Waals surface area contributed by atoms with E-state index in [0.717, 1.165) is 27.7 Å². The number of aromatic amines is 1. The van der Waals surface area contributed by atoms with Crippen molar-refractivity contribution in [1.82, 2.24) is 4.98 Å². The Balaban J connectivity index is 1.69. The normalized spacial score (nSPS) is 14.4. The lowest BCUT2D eigenvalue weighted by atomic mass is 10.0. The number of benzene rings is 3. The second-order valence-corrected chi connectivity index (χ2v) is 7.15. The lowest BCUT2D eigenvalue weighted by Crippen LogP contribution is -1.98. The Morgan fingerprint density at radius 1 is 0.966 bits per heavy atom. The number of aromatic hydroxyl groups is 2. The van der Waals surface area contributed by atoms with Gasteiger partial charge in [-0.05, 0) is 42.0 Å². The molecule has 3 N–H and O–H groups in total. The zero-order valence-electron chi connectivity index (χ0n) is 14.9. The third kappa shape index (κ3) is 2.75. The summed E-state index contributed by atoms with van der Waals surface area (Å²) in [4.78, 5) is 16.2. The molecule has 0 radical (unpaired) electrons. The number of carbonyl (C=O) groups excluding carboxylic acids is 1. The summed E-state index contributed by atoms with van der Waals surface area (Å²) in [7, 11) is 0. The Labute approximate surface area is 170 Å². The van der Waals surface area contributed by atoms with Crippen molar-refractivity contribution in [2.45, 2.75) is 0 Å². The highest BCUT2D eigenvalue weighted by Gasteiger charge is 2.31. The number of para-hydroxylation sites is 1. The molecule has 0 spiro atoms. The number of halogens is 1. The molecule has 0 aliphatic carbocycles. The fourth-order valence-corrected chi connectivity index (χ4v) is 3.64. The third-order valence-corrected chi connectivity index (χ3v) is 5.20. The first-order valence-corrected chi connectivity index (χ1v) is 9.26. The van der Waals surface area contributed by atoms with Crippen LogP contribution in [0.15, 0.2) is 66.4 Å². The molecule has 1 aliphatic heterocycles. The van der Waals surface area contributed by atoms with Crippen molar-refractivity contribution < 1.29 is 19.7 Å². The molecule has 29 heavy (non-hydrogen) atoms. The third-order valence-electron chi connectivity index (χ3n) is 4.95. The molecule has 6 heteroatoms. The first-order chi connectivity index (χ1) is 14.0. The highest BCUT2D eigenvalue weighted by Crippen LogP contribution is 2.44. The zero-order chi connectivity index (χ0) is 20.1. The number of ether oxygens (including phenoxy) is 1. The standard InChI is InChI=1S/C23H14ClNO4/c24-13-7-5-12(6-8-13)20-16(14-3-1-2-4-17(14)25-20)11-19-21(27)15-9-10-18(26)22(28)23(15)29-19/h1-11,25-26,28H. The average molecular weight is 404 g/mol. The molecule has 0 amide bonds. The number of carbonyl (C=O) groups is 1. The summed E-state index contributed by atoms with van der Waals surface area (Å²) in [5.74, 6) is -1.11. The number of aromatic nitrogens is 1. The van der Waals surface area contributed by atoms with Crippen molar-refractivity contribution >= 4 is 34.4 Å². The second-order valence-electron chi connectivity index (χ2n) is 6.72. The second kappa shape index (κ2) is 6.43. The van der Waals surface area contributed by atoms with Crippen molar-refractivity contribution in [2.75, 3.05) is 0 Å². The summed E-state index contributed by atoms with van der Waals surface area (Å²) in [6.45, 7) is 0. The van der Waals surface area contributed by atoms with E-state index in [9.17, 15) is 15.0 Å². The summed E-state index contributed by atoms with van der Waals surface area (Å²) < 4.78 is 5.63. The van der Waals surface area contributed by atoms with Gasteiger partial charge in [-0.2, -0.15) is 0 Å². The molecule has 2 heterocycles. The van der Waals surface area contributed by atoms with Gasteiger partial charge in [0.25, 0.3) is 0 Å². The lowest BCUT2D eigenvalue weighted by Gasteiger charge is -2.04. The van der Waals surface area contributed by atoms with E-state index in [1.54, 1.807) is 18.2 Å². The van der Waals surface area contributed by atoms with Crippen LogP contribution in [0, 0.1) is 0 Å². The number of H-pyrrole nitrogens is 1. The summed E-state index contributed by atoms with van der Waals surface area (Å²) >= 11 is 6.02. The number of hydrogen-bond acceptors (Lipinski definition) is 4. The van der Waals surface area contributed by atoms with Gasteiger partial charge in [0.05, 0.1) is 11.3 Å². The summed E-state index contributed by atoms with van der Waals surface area (Å²) in [5.41, 5.74) is 3.62. The van der Waals surface area contributed by atoms with Gasteiger partial charge in [0.1, 0.15) is 0 Å². The Morgan fingerprint density at radius 2 is 1.72 bits per heavy atom.